The van der Waals surface area contributed by atoms with Crippen LogP contribution in [0.4, 0.5) is 0 Å². The molecule has 1 saturated carbocycles. The van der Waals surface area contributed by atoms with Crippen molar-refractivity contribution in [1.82, 2.24) is 4.90 Å². The predicted molar refractivity (Wildman–Crippen MR) is 93.2 cm³/mol. The Hall–Kier alpha value is -2.07. The molecule has 1 heterocycles. The molecule has 2 aliphatic rings. The summed E-state index contributed by atoms with van der Waals surface area (Å²) in [5.41, 5.74) is 2.21. The van der Waals surface area contributed by atoms with E-state index in [1.807, 2.05) is 19.1 Å². The maximum Gasteiger partial charge on any atom is 0.340 e. The number of nitrogens with zero attached hydrogens (tertiary/aromatic N) is 1. The zero-order chi connectivity index (χ0) is 17.3. The van der Waals surface area contributed by atoms with Crippen LogP contribution in [0.3, 0.4) is 0 Å². The molecule has 0 saturated heterocycles. The summed E-state index contributed by atoms with van der Waals surface area (Å²) in [6, 6.07) is 7.38. The number of carbonyl (C=O) groups is 2. The first-order valence-corrected chi connectivity index (χ1v) is 8.51. The zero-order valence-corrected chi connectivity index (χ0v) is 14.6. The smallest absolute Gasteiger partial charge is 0.340 e. The summed E-state index contributed by atoms with van der Waals surface area (Å²) in [6.07, 6.45) is 5.90. The lowest BCUT2D eigenvalue weighted by molar-refractivity contribution is -0.136. The minimum Gasteiger partial charge on any atom is -0.465 e. The van der Waals surface area contributed by atoms with Crippen LogP contribution >= 0.6 is 11.6 Å². The second kappa shape index (κ2) is 6.81. The molecule has 1 amide bonds. The Kier molecular flexibility index (Phi) is 4.76. The van der Waals surface area contributed by atoms with Gasteiger partial charge in [0.2, 0.25) is 0 Å². The van der Waals surface area contributed by atoms with Crippen molar-refractivity contribution in [2.24, 2.45) is 0 Å². The molecule has 1 aliphatic heterocycles. The number of methoxy groups -OCH3 is 1. The van der Waals surface area contributed by atoms with Gasteiger partial charge in [-0.05, 0) is 43.5 Å². The molecule has 0 N–H and O–H groups in total. The number of hydrogen-bond donors (Lipinski definition) is 0. The number of esters is 1. The third kappa shape index (κ3) is 2.98. The Bertz CT molecular complexity index is 745. The lowest BCUT2D eigenvalue weighted by Gasteiger charge is -2.25. The van der Waals surface area contributed by atoms with Gasteiger partial charge in [-0.25, -0.2) is 4.79 Å². The molecule has 0 unspecified atom stereocenters. The lowest BCUT2D eigenvalue weighted by atomic mass is 10.0. The fourth-order valence-corrected chi connectivity index (χ4v) is 3.76. The van der Waals surface area contributed by atoms with Gasteiger partial charge in [0.05, 0.1) is 18.3 Å². The van der Waals surface area contributed by atoms with Crippen molar-refractivity contribution in [3.05, 3.63) is 51.7 Å². The first-order chi connectivity index (χ1) is 11.5. The average molecular weight is 346 g/mol. The Morgan fingerprint density at radius 3 is 2.67 bits per heavy atom. The molecular weight excluding hydrogens is 326 g/mol. The highest BCUT2D eigenvalue weighted by Crippen LogP contribution is 2.37. The van der Waals surface area contributed by atoms with Gasteiger partial charge in [0.15, 0.2) is 0 Å². The molecule has 1 aromatic rings. The molecule has 0 atom stereocenters. The third-order valence-electron chi connectivity index (χ3n) is 4.68. The van der Waals surface area contributed by atoms with Crippen LogP contribution in [0.15, 0.2) is 41.1 Å². The number of hydrogen-bond acceptors (Lipinski definition) is 3. The topological polar surface area (TPSA) is 46.6 Å². The first kappa shape index (κ1) is 16.8. The van der Waals surface area contributed by atoms with Crippen LogP contribution in [0, 0.1) is 0 Å². The highest BCUT2D eigenvalue weighted by atomic mass is 35.5. The lowest BCUT2D eigenvalue weighted by Crippen LogP contribution is -2.34. The van der Waals surface area contributed by atoms with Crippen LogP contribution in [0.5, 0.6) is 0 Å². The zero-order valence-electron chi connectivity index (χ0n) is 13.8. The van der Waals surface area contributed by atoms with Crippen molar-refractivity contribution in [3.8, 4) is 0 Å². The van der Waals surface area contributed by atoms with Gasteiger partial charge in [0.25, 0.3) is 5.91 Å². The van der Waals surface area contributed by atoms with Crippen LogP contribution in [-0.2, 0) is 14.3 Å². The number of ether oxygens (including phenoxy) is 1. The van der Waals surface area contributed by atoms with Crippen molar-refractivity contribution in [1.29, 1.82) is 0 Å². The van der Waals surface area contributed by atoms with Crippen molar-refractivity contribution in [2.75, 3.05) is 7.11 Å². The summed E-state index contributed by atoms with van der Waals surface area (Å²) in [4.78, 5) is 27.0. The molecule has 0 radical (unpaired) electrons. The van der Waals surface area contributed by atoms with Crippen LogP contribution < -0.4 is 0 Å². The van der Waals surface area contributed by atoms with Crippen molar-refractivity contribution < 1.29 is 14.3 Å². The molecule has 4 nitrogen and oxygen atoms in total. The van der Waals surface area contributed by atoms with E-state index in [0.717, 1.165) is 31.2 Å². The van der Waals surface area contributed by atoms with Gasteiger partial charge >= 0.3 is 5.97 Å². The fourth-order valence-electron chi connectivity index (χ4n) is 3.56. The van der Waals surface area contributed by atoms with Crippen molar-refractivity contribution >= 4 is 29.6 Å². The van der Waals surface area contributed by atoms with Gasteiger partial charge in [0, 0.05) is 16.8 Å². The van der Waals surface area contributed by atoms with E-state index < -0.39 is 5.97 Å². The van der Waals surface area contributed by atoms with E-state index in [0.29, 0.717) is 21.9 Å². The van der Waals surface area contributed by atoms with E-state index >= 15 is 0 Å². The molecule has 1 aromatic carbocycles. The summed E-state index contributed by atoms with van der Waals surface area (Å²) in [5, 5.41) is 0.586. The number of amides is 1. The van der Waals surface area contributed by atoms with Gasteiger partial charge < -0.3 is 9.64 Å². The number of benzene rings is 1. The number of rotatable bonds is 3. The number of halogens is 1. The van der Waals surface area contributed by atoms with Crippen LogP contribution in [0.2, 0.25) is 5.02 Å². The Balaban J connectivity index is 2.06. The highest BCUT2D eigenvalue weighted by molar-refractivity contribution is 6.30. The Labute approximate surface area is 146 Å². The van der Waals surface area contributed by atoms with Gasteiger partial charge in [0.1, 0.15) is 0 Å². The number of allylic oxidation sites excluding steroid dienone is 1. The number of carbonyl (C=O) groups excluding carboxylic acids is 2. The summed E-state index contributed by atoms with van der Waals surface area (Å²) in [7, 11) is 1.34. The van der Waals surface area contributed by atoms with E-state index in [4.69, 9.17) is 16.3 Å². The predicted octanol–water partition coefficient (Wildman–Crippen LogP) is 3.96. The van der Waals surface area contributed by atoms with Gasteiger partial charge in [-0.1, -0.05) is 36.6 Å². The molecule has 0 spiro atoms. The average Bonchev–Trinajstić information content (AvgIpc) is 3.15. The minimum absolute atomic E-state index is 0.125. The second-order valence-electron chi connectivity index (χ2n) is 6.18. The molecule has 5 heteroatoms. The maximum absolute atomic E-state index is 13.0. The van der Waals surface area contributed by atoms with E-state index in [1.54, 1.807) is 23.1 Å². The van der Waals surface area contributed by atoms with Crippen LogP contribution in [0.1, 0.15) is 38.2 Å². The summed E-state index contributed by atoms with van der Waals surface area (Å²) < 4.78 is 4.91. The highest BCUT2D eigenvalue weighted by Gasteiger charge is 2.40. The molecule has 3 rings (SSSR count). The SMILES string of the molecule is COC(=O)C1=C(C)N(C2CCCC2)C(=O)/C1=C\c1cccc(Cl)c1. The quantitative estimate of drug-likeness (QED) is 0.615. The van der Waals surface area contributed by atoms with Crippen LogP contribution in [-0.4, -0.2) is 29.9 Å². The van der Waals surface area contributed by atoms with Gasteiger partial charge in [-0.15, -0.1) is 0 Å². The molecule has 1 fully saturated rings. The molecule has 0 bridgehead atoms. The fraction of sp³-hybridized carbons (Fsp3) is 0.368. The molecule has 24 heavy (non-hydrogen) atoms. The molecular formula is C19H20ClNO3. The normalized spacial score (nSPS) is 20.4. The largest absolute Gasteiger partial charge is 0.465 e. The van der Waals surface area contributed by atoms with Gasteiger partial charge in [-0.3, -0.25) is 4.79 Å². The Morgan fingerprint density at radius 1 is 1.33 bits per heavy atom. The Morgan fingerprint density at radius 2 is 2.04 bits per heavy atom. The standard InChI is InChI=1S/C19H20ClNO3/c1-12-17(19(23)24-2)16(11-13-6-5-7-14(20)10-13)18(22)21(12)15-8-3-4-9-15/h5-7,10-11,15H,3-4,8-9H2,1-2H3/b16-11-. The molecule has 1 aliphatic carbocycles. The molecule has 0 aromatic heterocycles. The van der Waals surface area contributed by atoms with Crippen molar-refractivity contribution in [2.45, 2.75) is 38.6 Å². The van der Waals surface area contributed by atoms with E-state index in [2.05, 4.69) is 0 Å². The summed E-state index contributed by atoms with van der Waals surface area (Å²) in [5.74, 6) is -0.602. The second-order valence-corrected chi connectivity index (χ2v) is 6.61. The minimum atomic E-state index is -0.477. The van der Waals surface area contributed by atoms with Gasteiger partial charge in [-0.2, -0.15) is 0 Å². The van der Waals surface area contributed by atoms with E-state index in [9.17, 15) is 9.59 Å². The van der Waals surface area contributed by atoms with Crippen LogP contribution in [0.25, 0.3) is 6.08 Å². The van der Waals surface area contributed by atoms with E-state index in [-0.39, 0.29) is 11.9 Å². The first-order valence-electron chi connectivity index (χ1n) is 8.13. The van der Waals surface area contributed by atoms with E-state index in [1.165, 1.54) is 7.11 Å². The maximum atomic E-state index is 13.0. The van der Waals surface area contributed by atoms with Crippen molar-refractivity contribution in [3.63, 3.8) is 0 Å². The summed E-state index contributed by atoms with van der Waals surface area (Å²) >= 11 is 6.03. The third-order valence-corrected chi connectivity index (χ3v) is 4.92. The monoisotopic (exact) mass is 345 g/mol. The summed E-state index contributed by atoms with van der Waals surface area (Å²) in [6.45, 7) is 1.82. The molecule has 126 valence electrons.